The molecule has 0 heterocycles. The summed E-state index contributed by atoms with van der Waals surface area (Å²) in [5, 5.41) is 6.70. The van der Waals surface area contributed by atoms with E-state index in [1.807, 2.05) is 24.3 Å². The summed E-state index contributed by atoms with van der Waals surface area (Å²) in [5.74, 6) is -0.0588. The Kier molecular flexibility index (Phi) is 8.32. The van der Waals surface area contributed by atoms with Crippen LogP contribution in [-0.4, -0.2) is 31.2 Å². The van der Waals surface area contributed by atoms with Gasteiger partial charge in [0.15, 0.2) is 0 Å². The Balaban J connectivity index is 1.74. The van der Waals surface area contributed by atoms with Crippen LogP contribution < -0.4 is 15.5 Å². The van der Waals surface area contributed by atoms with Gasteiger partial charge in [-0.05, 0) is 48.4 Å². The lowest BCUT2D eigenvalue weighted by molar-refractivity contribution is -0.120. The van der Waals surface area contributed by atoms with Gasteiger partial charge >= 0.3 is 0 Å². The molecule has 0 spiro atoms. The molecule has 0 radical (unpaired) electrons. The van der Waals surface area contributed by atoms with Gasteiger partial charge in [-0.3, -0.25) is 9.59 Å². The van der Waals surface area contributed by atoms with Crippen LogP contribution in [0.15, 0.2) is 53.6 Å². The summed E-state index contributed by atoms with van der Waals surface area (Å²) in [7, 11) is 0. The minimum atomic E-state index is -0.439. The molecule has 0 fully saturated rings. The summed E-state index contributed by atoms with van der Waals surface area (Å²) >= 11 is 5.94. The zero-order valence-corrected chi connectivity index (χ0v) is 15.8. The smallest absolute Gasteiger partial charge is 0.259 e. The normalized spacial score (nSPS) is 10.6. The minimum Gasteiger partial charge on any atom is -0.494 e. The molecule has 0 unspecified atom stereocenters. The molecule has 6 nitrogen and oxygen atoms in total. The number of unbranched alkanes of at least 4 members (excludes halogenated alkanes) is 1. The molecule has 0 bridgehead atoms. The van der Waals surface area contributed by atoms with E-state index in [2.05, 4.69) is 22.8 Å². The lowest BCUT2D eigenvalue weighted by Gasteiger charge is -2.06. The van der Waals surface area contributed by atoms with Crippen molar-refractivity contribution >= 4 is 29.6 Å². The molecule has 2 N–H and O–H groups in total. The molecule has 0 aliphatic heterocycles. The minimum absolute atomic E-state index is 0.203. The SMILES string of the molecule is CCCCOc1ccc(C=NNC(=O)CNC(=O)c2ccccc2Cl)cc1. The number of nitrogens with one attached hydrogen (secondary N) is 2. The number of carbonyl (C=O) groups is 2. The molecule has 2 aromatic carbocycles. The first-order valence-electron chi connectivity index (χ1n) is 8.67. The third kappa shape index (κ3) is 7.11. The van der Waals surface area contributed by atoms with Crippen LogP contribution in [0.5, 0.6) is 5.75 Å². The monoisotopic (exact) mass is 387 g/mol. The number of carbonyl (C=O) groups excluding carboxylic acids is 2. The Bertz CT molecular complexity index is 791. The van der Waals surface area contributed by atoms with Gasteiger partial charge in [-0.2, -0.15) is 5.10 Å². The van der Waals surface area contributed by atoms with Crippen molar-refractivity contribution < 1.29 is 14.3 Å². The Morgan fingerprint density at radius 3 is 2.59 bits per heavy atom. The van der Waals surface area contributed by atoms with Gasteiger partial charge in [0.2, 0.25) is 0 Å². The number of hydrogen-bond donors (Lipinski definition) is 2. The summed E-state index contributed by atoms with van der Waals surface area (Å²) in [5.41, 5.74) is 3.49. The zero-order valence-electron chi connectivity index (χ0n) is 15.1. The Morgan fingerprint density at radius 2 is 1.89 bits per heavy atom. The van der Waals surface area contributed by atoms with Crippen LogP contribution in [-0.2, 0) is 4.79 Å². The Morgan fingerprint density at radius 1 is 1.15 bits per heavy atom. The fourth-order valence-electron chi connectivity index (χ4n) is 2.10. The highest BCUT2D eigenvalue weighted by Crippen LogP contribution is 2.14. The standard InChI is InChI=1S/C20H22ClN3O3/c1-2-3-12-27-16-10-8-15(9-11-16)13-23-24-19(25)14-22-20(26)17-6-4-5-7-18(17)21/h4-11,13H,2-3,12,14H2,1H3,(H,22,26)(H,24,25). The van der Waals surface area contributed by atoms with Crippen molar-refractivity contribution in [3.8, 4) is 5.75 Å². The molecular weight excluding hydrogens is 366 g/mol. The van der Waals surface area contributed by atoms with E-state index in [0.29, 0.717) is 17.2 Å². The molecule has 0 aliphatic carbocycles. The summed E-state index contributed by atoms with van der Waals surface area (Å²) in [6.07, 6.45) is 3.62. The van der Waals surface area contributed by atoms with Gasteiger partial charge in [0, 0.05) is 0 Å². The van der Waals surface area contributed by atoms with Crippen molar-refractivity contribution in [2.75, 3.05) is 13.2 Å². The fraction of sp³-hybridized carbons (Fsp3) is 0.250. The van der Waals surface area contributed by atoms with Crippen molar-refractivity contribution in [3.63, 3.8) is 0 Å². The Labute approximate surface area is 163 Å². The second-order valence-electron chi connectivity index (χ2n) is 5.73. The number of halogens is 1. The van der Waals surface area contributed by atoms with E-state index in [0.717, 1.165) is 24.2 Å². The van der Waals surface area contributed by atoms with Gasteiger partial charge < -0.3 is 10.1 Å². The second kappa shape index (κ2) is 11.0. The van der Waals surface area contributed by atoms with Crippen molar-refractivity contribution in [2.45, 2.75) is 19.8 Å². The van der Waals surface area contributed by atoms with Gasteiger partial charge in [-0.15, -0.1) is 0 Å². The zero-order chi connectivity index (χ0) is 19.5. The number of ether oxygens (including phenoxy) is 1. The molecule has 7 heteroatoms. The molecule has 0 aromatic heterocycles. The largest absolute Gasteiger partial charge is 0.494 e. The summed E-state index contributed by atoms with van der Waals surface area (Å²) in [6, 6.07) is 14.0. The van der Waals surface area contributed by atoms with Crippen LogP contribution >= 0.6 is 11.6 Å². The fourth-order valence-corrected chi connectivity index (χ4v) is 2.33. The molecule has 2 rings (SSSR count). The van der Waals surface area contributed by atoms with Crippen LogP contribution in [0.3, 0.4) is 0 Å². The lowest BCUT2D eigenvalue weighted by atomic mass is 10.2. The topological polar surface area (TPSA) is 79.8 Å². The van der Waals surface area contributed by atoms with Crippen LogP contribution in [0.4, 0.5) is 0 Å². The molecule has 0 saturated heterocycles. The highest BCUT2D eigenvalue weighted by molar-refractivity contribution is 6.33. The number of rotatable bonds is 9. The first-order valence-corrected chi connectivity index (χ1v) is 9.05. The van der Waals surface area contributed by atoms with Crippen molar-refractivity contribution in [1.29, 1.82) is 0 Å². The highest BCUT2D eigenvalue weighted by Gasteiger charge is 2.10. The van der Waals surface area contributed by atoms with E-state index in [9.17, 15) is 9.59 Å². The molecule has 142 valence electrons. The van der Waals surface area contributed by atoms with Crippen LogP contribution in [0.2, 0.25) is 5.02 Å². The molecule has 2 aromatic rings. The van der Waals surface area contributed by atoms with E-state index in [4.69, 9.17) is 16.3 Å². The van der Waals surface area contributed by atoms with Gasteiger partial charge in [0.1, 0.15) is 5.75 Å². The maximum atomic E-state index is 12.0. The molecule has 27 heavy (non-hydrogen) atoms. The highest BCUT2D eigenvalue weighted by atomic mass is 35.5. The quantitative estimate of drug-likeness (QED) is 0.393. The molecule has 0 atom stereocenters. The summed E-state index contributed by atoms with van der Waals surface area (Å²) < 4.78 is 5.58. The molecule has 0 aliphatic rings. The second-order valence-corrected chi connectivity index (χ2v) is 6.13. The van der Waals surface area contributed by atoms with E-state index in [1.165, 1.54) is 6.21 Å². The van der Waals surface area contributed by atoms with Gasteiger partial charge in [-0.25, -0.2) is 5.43 Å². The third-order valence-corrected chi connectivity index (χ3v) is 3.91. The van der Waals surface area contributed by atoms with E-state index in [-0.39, 0.29) is 6.54 Å². The van der Waals surface area contributed by atoms with Crippen molar-refractivity contribution in [3.05, 3.63) is 64.7 Å². The van der Waals surface area contributed by atoms with Gasteiger partial charge in [0.05, 0.1) is 30.0 Å². The van der Waals surface area contributed by atoms with E-state index < -0.39 is 11.8 Å². The van der Waals surface area contributed by atoms with E-state index >= 15 is 0 Å². The molecule has 0 saturated carbocycles. The number of nitrogens with zero attached hydrogens (tertiary/aromatic N) is 1. The number of hydrogen-bond acceptors (Lipinski definition) is 4. The number of amides is 2. The number of hydrazone groups is 1. The van der Waals surface area contributed by atoms with Crippen LogP contribution in [0.1, 0.15) is 35.7 Å². The predicted octanol–water partition coefficient (Wildman–Crippen LogP) is 3.40. The first kappa shape index (κ1) is 20.5. The first-order chi connectivity index (χ1) is 13.1. The summed E-state index contributed by atoms with van der Waals surface area (Å²) in [6.45, 7) is 2.60. The van der Waals surface area contributed by atoms with Crippen molar-refractivity contribution in [2.24, 2.45) is 5.10 Å². The Hall–Kier alpha value is -2.86. The lowest BCUT2D eigenvalue weighted by Crippen LogP contribution is -2.35. The average molecular weight is 388 g/mol. The third-order valence-electron chi connectivity index (χ3n) is 3.58. The molecule has 2 amide bonds. The number of benzene rings is 2. The van der Waals surface area contributed by atoms with Gasteiger partial charge in [-0.1, -0.05) is 37.1 Å². The summed E-state index contributed by atoms with van der Waals surface area (Å²) in [4.78, 5) is 23.7. The van der Waals surface area contributed by atoms with E-state index in [1.54, 1.807) is 24.3 Å². The van der Waals surface area contributed by atoms with Crippen LogP contribution in [0.25, 0.3) is 0 Å². The predicted molar refractivity (Wildman–Crippen MR) is 106 cm³/mol. The average Bonchev–Trinajstić information content (AvgIpc) is 2.68. The maximum absolute atomic E-state index is 12.0. The van der Waals surface area contributed by atoms with Crippen molar-refractivity contribution in [1.82, 2.24) is 10.7 Å². The maximum Gasteiger partial charge on any atom is 0.259 e. The van der Waals surface area contributed by atoms with Gasteiger partial charge in [0.25, 0.3) is 11.8 Å². The molecular formula is C20H22ClN3O3. The van der Waals surface area contributed by atoms with Crippen LogP contribution in [0, 0.1) is 0 Å².